The van der Waals surface area contributed by atoms with E-state index in [4.69, 9.17) is 10.5 Å². The third kappa shape index (κ3) is 3.39. The smallest absolute Gasteiger partial charge is 0.263 e. The molecule has 1 unspecified atom stereocenters. The van der Waals surface area contributed by atoms with Crippen LogP contribution in [0.1, 0.15) is 23.0 Å². The fourth-order valence-corrected chi connectivity index (χ4v) is 4.10. The van der Waals surface area contributed by atoms with Gasteiger partial charge in [0.15, 0.2) is 0 Å². The number of hydrogen-bond donors (Lipinski definition) is 3. The second-order valence-corrected chi connectivity index (χ2v) is 6.51. The van der Waals surface area contributed by atoms with Crippen molar-refractivity contribution in [3.05, 3.63) is 4.88 Å². The first-order chi connectivity index (χ1) is 9.67. The first-order valence-electron chi connectivity index (χ1n) is 6.73. The first-order valence-corrected chi connectivity index (χ1v) is 8.77. The van der Waals surface area contributed by atoms with Crippen molar-refractivity contribution < 1.29 is 9.53 Å². The van der Waals surface area contributed by atoms with Crippen molar-refractivity contribution in [1.29, 1.82) is 0 Å². The van der Waals surface area contributed by atoms with Gasteiger partial charge in [-0.15, -0.1) is 23.1 Å². The van der Waals surface area contributed by atoms with Crippen LogP contribution in [0.3, 0.4) is 0 Å². The first kappa shape index (κ1) is 15.5. The zero-order valence-corrected chi connectivity index (χ0v) is 13.5. The summed E-state index contributed by atoms with van der Waals surface area (Å²) in [6.07, 6.45) is 3.06. The number of rotatable bonds is 6. The van der Waals surface area contributed by atoms with Gasteiger partial charge in [0, 0.05) is 25.6 Å². The van der Waals surface area contributed by atoms with Gasteiger partial charge >= 0.3 is 0 Å². The van der Waals surface area contributed by atoms with Gasteiger partial charge < -0.3 is 21.1 Å². The number of thiophene rings is 1. The summed E-state index contributed by atoms with van der Waals surface area (Å²) in [7, 11) is 0. The predicted molar refractivity (Wildman–Crippen MR) is 85.9 cm³/mol. The minimum Gasteiger partial charge on any atom is -0.396 e. The lowest BCUT2D eigenvalue weighted by molar-refractivity contribution is 0.0960. The van der Waals surface area contributed by atoms with Gasteiger partial charge in [0.2, 0.25) is 0 Å². The lowest BCUT2D eigenvalue weighted by Gasteiger charge is -2.10. The number of carbonyl (C=O) groups is 1. The highest BCUT2D eigenvalue weighted by atomic mass is 32.2. The van der Waals surface area contributed by atoms with E-state index in [1.807, 2.05) is 13.2 Å². The van der Waals surface area contributed by atoms with Crippen LogP contribution in [-0.2, 0) is 4.74 Å². The quantitative estimate of drug-likeness (QED) is 0.702. The van der Waals surface area contributed by atoms with Gasteiger partial charge in [-0.25, -0.2) is 0 Å². The van der Waals surface area contributed by atoms with Gasteiger partial charge in [-0.2, -0.15) is 0 Å². The van der Waals surface area contributed by atoms with E-state index in [2.05, 4.69) is 10.6 Å². The molecule has 1 aliphatic heterocycles. The van der Waals surface area contributed by atoms with E-state index in [1.54, 1.807) is 11.8 Å². The number of nitrogens with two attached hydrogens (primary N) is 1. The second kappa shape index (κ2) is 7.19. The van der Waals surface area contributed by atoms with E-state index >= 15 is 0 Å². The highest BCUT2D eigenvalue weighted by Gasteiger charge is 2.21. The van der Waals surface area contributed by atoms with Crippen LogP contribution in [0.2, 0.25) is 0 Å². The molecule has 1 fully saturated rings. The van der Waals surface area contributed by atoms with Crippen molar-refractivity contribution in [3.63, 3.8) is 0 Å². The monoisotopic (exact) mass is 315 g/mol. The molecule has 1 amide bonds. The summed E-state index contributed by atoms with van der Waals surface area (Å²) in [5.74, 6) is 0.448. The molecule has 0 spiro atoms. The molecule has 4 N–H and O–H groups in total. The molecule has 0 radical (unpaired) electrons. The molecule has 2 rings (SSSR count). The van der Waals surface area contributed by atoms with Crippen molar-refractivity contribution in [2.45, 2.75) is 18.2 Å². The van der Waals surface area contributed by atoms with E-state index in [0.29, 0.717) is 23.0 Å². The van der Waals surface area contributed by atoms with Gasteiger partial charge in [-0.3, -0.25) is 4.79 Å². The predicted octanol–water partition coefficient (Wildman–Crippen LogP) is 2.25. The number of amides is 1. The van der Waals surface area contributed by atoms with Crippen LogP contribution in [0, 0.1) is 5.92 Å². The Morgan fingerprint density at radius 1 is 1.60 bits per heavy atom. The third-order valence-corrected chi connectivity index (χ3v) is 5.35. The molecule has 2 heterocycles. The van der Waals surface area contributed by atoms with E-state index in [-0.39, 0.29) is 5.91 Å². The lowest BCUT2D eigenvalue weighted by atomic mass is 10.1. The van der Waals surface area contributed by atoms with Gasteiger partial charge in [0.1, 0.15) is 9.88 Å². The Morgan fingerprint density at radius 3 is 3.00 bits per heavy atom. The van der Waals surface area contributed by atoms with Crippen molar-refractivity contribution >= 4 is 39.7 Å². The van der Waals surface area contributed by atoms with E-state index < -0.39 is 0 Å². The molecule has 20 heavy (non-hydrogen) atoms. The van der Waals surface area contributed by atoms with Crippen LogP contribution >= 0.6 is 23.1 Å². The van der Waals surface area contributed by atoms with Crippen LogP contribution in [0.4, 0.5) is 10.7 Å². The highest BCUT2D eigenvalue weighted by molar-refractivity contribution is 7.99. The fourth-order valence-electron chi connectivity index (χ4n) is 2.14. The van der Waals surface area contributed by atoms with Gasteiger partial charge in [-0.05, 0) is 19.6 Å². The summed E-state index contributed by atoms with van der Waals surface area (Å²) in [6, 6.07) is 0. The van der Waals surface area contributed by atoms with E-state index in [9.17, 15) is 4.79 Å². The molecule has 0 saturated carbocycles. The Bertz CT molecular complexity index is 470. The van der Waals surface area contributed by atoms with Crippen LogP contribution in [-0.4, -0.2) is 38.5 Å². The van der Waals surface area contributed by atoms with Crippen LogP contribution in [0.5, 0.6) is 0 Å². The van der Waals surface area contributed by atoms with E-state index in [1.165, 1.54) is 11.3 Å². The lowest BCUT2D eigenvalue weighted by Crippen LogP contribution is -2.22. The second-order valence-electron chi connectivity index (χ2n) is 4.68. The molecule has 0 bridgehead atoms. The van der Waals surface area contributed by atoms with E-state index in [0.717, 1.165) is 36.1 Å². The Hall–Kier alpha value is -0.920. The average Bonchev–Trinajstić information content (AvgIpc) is 3.04. The molecule has 112 valence electrons. The zero-order valence-electron chi connectivity index (χ0n) is 11.8. The van der Waals surface area contributed by atoms with Gasteiger partial charge in [-0.1, -0.05) is 0 Å². The molecule has 7 heteroatoms. The van der Waals surface area contributed by atoms with Gasteiger partial charge in [0.05, 0.1) is 17.2 Å². The average molecular weight is 315 g/mol. The molecular weight excluding hydrogens is 294 g/mol. The number of ether oxygens (including phenoxy) is 1. The Balaban J connectivity index is 2.10. The maximum Gasteiger partial charge on any atom is 0.263 e. The van der Waals surface area contributed by atoms with Crippen molar-refractivity contribution in [1.82, 2.24) is 5.32 Å². The largest absolute Gasteiger partial charge is 0.396 e. The number of thioether (sulfide) groups is 1. The molecule has 5 nitrogen and oxygen atoms in total. The Kier molecular flexibility index (Phi) is 5.56. The third-order valence-electron chi connectivity index (χ3n) is 3.22. The topological polar surface area (TPSA) is 76.4 Å². The molecule has 1 saturated heterocycles. The Labute approximate surface area is 127 Å². The summed E-state index contributed by atoms with van der Waals surface area (Å²) >= 11 is 3.00. The molecule has 0 aliphatic carbocycles. The molecular formula is C13H21N3O2S2. The summed E-state index contributed by atoms with van der Waals surface area (Å²) < 4.78 is 5.37. The molecule has 0 aromatic carbocycles. The molecule has 1 aromatic rings. The molecule has 1 aromatic heterocycles. The SMILES string of the molecule is CCNC(=O)c1sc(NCC2CCOC2)c(SC)c1N. The summed E-state index contributed by atoms with van der Waals surface area (Å²) in [4.78, 5) is 13.5. The highest BCUT2D eigenvalue weighted by Crippen LogP contribution is 2.41. The maximum absolute atomic E-state index is 12.0. The summed E-state index contributed by atoms with van der Waals surface area (Å²) in [6.45, 7) is 5.02. The van der Waals surface area contributed by atoms with Crippen molar-refractivity contribution in [2.75, 3.05) is 43.6 Å². The summed E-state index contributed by atoms with van der Waals surface area (Å²) in [5, 5.41) is 7.21. The number of carbonyl (C=O) groups excluding carboxylic acids is 1. The van der Waals surface area contributed by atoms with Crippen LogP contribution in [0.25, 0.3) is 0 Å². The number of hydrogen-bond acceptors (Lipinski definition) is 6. The van der Waals surface area contributed by atoms with Crippen LogP contribution < -0.4 is 16.4 Å². The fraction of sp³-hybridized carbons (Fsp3) is 0.615. The van der Waals surface area contributed by atoms with Crippen molar-refractivity contribution in [2.24, 2.45) is 5.92 Å². The number of nitrogen functional groups attached to an aromatic ring is 1. The van der Waals surface area contributed by atoms with Crippen molar-refractivity contribution in [3.8, 4) is 0 Å². The number of nitrogens with one attached hydrogen (secondary N) is 2. The van der Waals surface area contributed by atoms with Gasteiger partial charge in [0.25, 0.3) is 5.91 Å². The standard InChI is InChI=1S/C13H21N3O2S2/c1-3-15-12(17)10-9(14)11(19-2)13(20-10)16-6-8-4-5-18-7-8/h8,16H,3-7,14H2,1-2H3,(H,15,17). The maximum atomic E-state index is 12.0. The Morgan fingerprint density at radius 2 is 2.40 bits per heavy atom. The number of anilines is 2. The zero-order chi connectivity index (χ0) is 14.5. The molecule has 1 aliphatic rings. The minimum atomic E-state index is -0.0949. The normalized spacial score (nSPS) is 18.2. The summed E-state index contributed by atoms with van der Waals surface area (Å²) in [5.41, 5.74) is 6.68. The van der Waals surface area contributed by atoms with Crippen LogP contribution in [0.15, 0.2) is 4.90 Å². The minimum absolute atomic E-state index is 0.0949. The molecule has 1 atom stereocenters.